The monoisotopic (exact) mass is 195 g/mol. The maximum Gasteiger partial charge on any atom is 0.116 e. The Labute approximate surface area is 86.8 Å². The van der Waals surface area contributed by atoms with E-state index in [4.69, 9.17) is 0 Å². The molecule has 1 N–H and O–H groups in total. The van der Waals surface area contributed by atoms with E-state index in [1.54, 1.807) is 12.5 Å². The summed E-state index contributed by atoms with van der Waals surface area (Å²) in [6, 6.07) is 10.2. The summed E-state index contributed by atoms with van der Waals surface area (Å²) in [6.45, 7) is 0. The molecule has 0 fully saturated rings. The second kappa shape index (κ2) is 3.20. The quantitative estimate of drug-likeness (QED) is 0.648. The van der Waals surface area contributed by atoms with Crippen LogP contribution in [0, 0.1) is 0 Å². The highest BCUT2D eigenvalue weighted by atomic mass is 14.9. The molecule has 2 aromatic heterocycles. The lowest BCUT2D eigenvalue weighted by Gasteiger charge is -1.96. The second-order valence-electron chi connectivity index (χ2n) is 3.35. The number of rotatable bonds is 1. The van der Waals surface area contributed by atoms with Crippen molar-refractivity contribution < 1.29 is 0 Å². The van der Waals surface area contributed by atoms with Gasteiger partial charge in [-0.1, -0.05) is 30.3 Å². The molecule has 0 radical (unpaired) electrons. The number of aromatic nitrogens is 3. The van der Waals surface area contributed by atoms with E-state index in [1.807, 2.05) is 24.4 Å². The van der Waals surface area contributed by atoms with E-state index in [0.717, 1.165) is 16.6 Å². The predicted octanol–water partition coefficient (Wildman–Crippen LogP) is 2.62. The highest BCUT2D eigenvalue weighted by Crippen LogP contribution is 2.25. The van der Waals surface area contributed by atoms with Gasteiger partial charge in [0, 0.05) is 11.8 Å². The van der Waals surface area contributed by atoms with Crippen LogP contribution in [0.5, 0.6) is 0 Å². The molecule has 3 aromatic rings. The SMILES string of the molecule is c1ccc(-c2c[nH]c3cncnc23)cc1. The smallest absolute Gasteiger partial charge is 0.116 e. The number of hydrogen-bond acceptors (Lipinski definition) is 2. The zero-order valence-corrected chi connectivity index (χ0v) is 8.01. The number of fused-ring (bicyclic) bond motifs is 1. The fraction of sp³-hybridized carbons (Fsp3) is 0. The molecule has 0 atom stereocenters. The summed E-state index contributed by atoms with van der Waals surface area (Å²) in [4.78, 5) is 11.4. The molecular formula is C12H9N3. The van der Waals surface area contributed by atoms with Gasteiger partial charge < -0.3 is 4.98 Å². The maximum absolute atomic E-state index is 4.28. The molecule has 0 saturated carbocycles. The van der Waals surface area contributed by atoms with Crippen LogP contribution in [0.3, 0.4) is 0 Å². The number of benzene rings is 1. The molecule has 72 valence electrons. The molecule has 0 aliphatic carbocycles. The van der Waals surface area contributed by atoms with Gasteiger partial charge in [-0.3, -0.25) is 0 Å². The van der Waals surface area contributed by atoms with Crippen molar-refractivity contribution in [2.45, 2.75) is 0 Å². The van der Waals surface area contributed by atoms with Gasteiger partial charge >= 0.3 is 0 Å². The lowest BCUT2D eigenvalue weighted by atomic mass is 10.1. The van der Waals surface area contributed by atoms with E-state index in [-0.39, 0.29) is 0 Å². The van der Waals surface area contributed by atoms with Crippen LogP contribution in [0.4, 0.5) is 0 Å². The minimum Gasteiger partial charge on any atom is -0.358 e. The summed E-state index contributed by atoms with van der Waals surface area (Å²) < 4.78 is 0. The van der Waals surface area contributed by atoms with E-state index in [9.17, 15) is 0 Å². The van der Waals surface area contributed by atoms with E-state index in [1.165, 1.54) is 5.56 Å². The molecule has 1 aromatic carbocycles. The van der Waals surface area contributed by atoms with Crippen LogP contribution in [0.15, 0.2) is 49.1 Å². The third-order valence-corrected chi connectivity index (χ3v) is 2.42. The van der Waals surface area contributed by atoms with Crippen LogP contribution in [-0.2, 0) is 0 Å². The van der Waals surface area contributed by atoms with E-state index < -0.39 is 0 Å². The molecule has 0 bridgehead atoms. The summed E-state index contributed by atoms with van der Waals surface area (Å²) in [5.74, 6) is 0. The minimum absolute atomic E-state index is 0.969. The average molecular weight is 195 g/mol. The fourth-order valence-electron chi connectivity index (χ4n) is 1.71. The van der Waals surface area contributed by atoms with Crippen LogP contribution in [0.2, 0.25) is 0 Å². The van der Waals surface area contributed by atoms with E-state index >= 15 is 0 Å². The van der Waals surface area contributed by atoms with Gasteiger partial charge in [0.05, 0.1) is 17.2 Å². The summed E-state index contributed by atoms with van der Waals surface area (Å²) in [5, 5.41) is 0. The van der Waals surface area contributed by atoms with Crippen LogP contribution >= 0.6 is 0 Å². The third-order valence-electron chi connectivity index (χ3n) is 2.42. The van der Waals surface area contributed by atoms with Crippen LogP contribution in [0.25, 0.3) is 22.2 Å². The van der Waals surface area contributed by atoms with Gasteiger partial charge in [0.25, 0.3) is 0 Å². The Morgan fingerprint density at radius 1 is 1.07 bits per heavy atom. The average Bonchev–Trinajstić information content (AvgIpc) is 2.74. The van der Waals surface area contributed by atoms with Crippen molar-refractivity contribution in [1.29, 1.82) is 0 Å². The van der Waals surface area contributed by atoms with Crippen molar-refractivity contribution in [1.82, 2.24) is 15.0 Å². The first-order valence-electron chi connectivity index (χ1n) is 4.77. The van der Waals surface area contributed by atoms with Crippen LogP contribution in [-0.4, -0.2) is 15.0 Å². The molecule has 2 heterocycles. The Hall–Kier alpha value is -2.16. The summed E-state index contributed by atoms with van der Waals surface area (Å²) >= 11 is 0. The highest BCUT2D eigenvalue weighted by Gasteiger charge is 2.05. The lowest BCUT2D eigenvalue weighted by molar-refractivity contribution is 1.22. The van der Waals surface area contributed by atoms with Crippen molar-refractivity contribution in [2.75, 3.05) is 0 Å². The maximum atomic E-state index is 4.28. The molecule has 0 saturated heterocycles. The zero-order chi connectivity index (χ0) is 10.1. The minimum atomic E-state index is 0.969. The molecule has 3 rings (SSSR count). The van der Waals surface area contributed by atoms with E-state index in [2.05, 4.69) is 27.1 Å². The Bertz CT molecular complexity index is 584. The molecular weight excluding hydrogens is 186 g/mol. The third kappa shape index (κ3) is 1.29. The molecule has 15 heavy (non-hydrogen) atoms. The Morgan fingerprint density at radius 2 is 1.93 bits per heavy atom. The van der Waals surface area contributed by atoms with Gasteiger partial charge in [0.2, 0.25) is 0 Å². The fourth-order valence-corrected chi connectivity index (χ4v) is 1.71. The van der Waals surface area contributed by atoms with Gasteiger partial charge in [0.15, 0.2) is 0 Å². The molecule has 0 unspecified atom stereocenters. The van der Waals surface area contributed by atoms with Crippen molar-refractivity contribution >= 4 is 11.0 Å². The molecule has 3 nitrogen and oxygen atoms in total. The summed E-state index contributed by atoms with van der Waals surface area (Å²) in [7, 11) is 0. The molecule has 3 heteroatoms. The first-order valence-corrected chi connectivity index (χ1v) is 4.77. The first-order chi connectivity index (χ1) is 7.45. The summed E-state index contributed by atoms with van der Waals surface area (Å²) in [6.07, 6.45) is 5.33. The molecule has 0 aliphatic rings. The van der Waals surface area contributed by atoms with Gasteiger partial charge in [-0.15, -0.1) is 0 Å². The van der Waals surface area contributed by atoms with Crippen molar-refractivity contribution in [3.05, 3.63) is 49.1 Å². The molecule has 0 spiro atoms. The predicted molar refractivity (Wildman–Crippen MR) is 59.3 cm³/mol. The van der Waals surface area contributed by atoms with Gasteiger partial charge in [0.1, 0.15) is 6.33 Å². The number of H-pyrrole nitrogens is 1. The Balaban J connectivity index is 2.28. The Kier molecular flexibility index (Phi) is 1.75. The van der Waals surface area contributed by atoms with Gasteiger partial charge in [-0.25, -0.2) is 9.97 Å². The van der Waals surface area contributed by atoms with Crippen molar-refractivity contribution in [3.63, 3.8) is 0 Å². The van der Waals surface area contributed by atoms with Crippen molar-refractivity contribution in [2.24, 2.45) is 0 Å². The summed E-state index contributed by atoms with van der Waals surface area (Å²) in [5.41, 5.74) is 4.23. The molecule has 0 amide bonds. The van der Waals surface area contributed by atoms with Gasteiger partial charge in [-0.05, 0) is 5.56 Å². The number of aromatic amines is 1. The normalized spacial score (nSPS) is 10.7. The number of hydrogen-bond donors (Lipinski definition) is 1. The number of nitrogens with zero attached hydrogens (tertiary/aromatic N) is 2. The number of nitrogens with one attached hydrogen (secondary N) is 1. The van der Waals surface area contributed by atoms with Crippen LogP contribution < -0.4 is 0 Å². The Morgan fingerprint density at radius 3 is 2.80 bits per heavy atom. The van der Waals surface area contributed by atoms with E-state index in [0.29, 0.717) is 0 Å². The molecule has 0 aliphatic heterocycles. The van der Waals surface area contributed by atoms with Crippen molar-refractivity contribution in [3.8, 4) is 11.1 Å². The zero-order valence-electron chi connectivity index (χ0n) is 8.01. The second-order valence-corrected chi connectivity index (χ2v) is 3.35. The van der Waals surface area contributed by atoms with Crippen LogP contribution in [0.1, 0.15) is 0 Å². The van der Waals surface area contributed by atoms with Gasteiger partial charge in [-0.2, -0.15) is 0 Å². The standard InChI is InChI=1S/C12H9N3/c1-2-4-9(5-3-1)10-6-14-11-7-13-8-15-12(10)11/h1-8,14H. The topological polar surface area (TPSA) is 41.6 Å². The highest BCUT2D eigenvalue weighted by molar-refractivity contribution is 5.91. The largest absolute Gasteiger partial charge is 0.358 e. The first kappa shape index (κ1) is 8.17. The lowest BCUT2D eigenvalue weighted by Crippen LogP contribution is -1.79.